The summed E-state index contributed by atoms with van der Waals surface area (Å²) in [6.07, 6.45) is -2.88. The second kappa shape index (κ2) is 49.5. The zero-order valence-electron chi connectivity index (χ0n) is 76.3. The summed E-state index contributed by atoms with van der Waals surface area (Å²) in [5.74, 6) is -18.9. The smallest absolute Gasteiger partial charge is 0.303 e. The highest BCUT2D eigenvalue weighted by molar-refractivity contribution is 8.77. The number of aromatic nitrogens is 2. The van der Waals surface area contributed by atoms with E-state index >= 15 is 28.8 Å². The van der Waals surface area contributed by atoms with Crippen LogP contribution in [-0.2, 0) is 117 Å². The van der Waals surface area contributed by atoms with Gasteiger partial charge in [0.05, 0.1) is 25.5 Å². The van der Waals surface area contributed by atoms with Crippen molar-refractivity contribution in [3.63, 3.8) is 0 Å². The molecule has 2 aromatic heterocycles. The van der Waals surface area contributed by atoms with Crippen LogP contribution in [0.3, 0.4) is 0 Å². The summed E-state index contributed by atoms with van der Waals surface area (Å²) in [7, 11) is 2.98. The van der Waals surface area contributed by atoms with Crippen LogP contribution in [0.2, 0.25) is 0 Å². The van der Waals surface area contributed by atoms with Crippen LogP contribution in [0.5, 0.6) is 11.5 Å². The molecule has 2 aliphatic rings. The molecule has 43 nitrogen and oxygen atoms in total. The number of carbonyl (C=O) groups is 18. The number of aliphatic hydroxyl groups excluding tert-OH is 1. The second-order valence-electron chi connectivity index (χ2n) is 34.4. The number of aliphatic carboxylic acids is 1. The number of primary amides is 3. The Morgan fingerprint density at radius 3 is 1.89 bits per heavy atom. The first-order chi connectivity index (χ1) is 63.7. The van der Waals surface area contributed by atoms with Crippen LogP contribution in [0.15, 0.2) is 110 Å². The number of fused-ring (bicyclic) bond motifs is 2. The van der Waals surface area contributed by atoms with E-state index in [0.717, 1.165) is 45.9 Å². The molecule has 0 aliphatic carbocycles. The first-order valence-corrected chi connectivity index (χ1v) is 45.8. The van der Waals surface area contributed by atoms with Crippen molar-refractivity contribution < 1.29 is 111 Å². The van der Waals surface area contributed by atoms with Crippen molar-refractivity contribution in [2.24, 2.45) is 22.9 Å². The summed E-state index contributed by atoms with van der Waals surface area (Å²) >= 11 is 0. The monoisotopic (exact) mass is 1910 g/mol. The number of hydrogen-bond donors (Lipinski definition) is 21. The quantitative estimate of drug-likeness (QED) is 0.0140. The van der Waals surface area contributed by atoms with Gasteiger partial charge in [-0.15, -0.1) is 0 Å². The Balaban J connectivity index is 1.23. The summed E-state index contributed by atoms with van der Waals surface area (Å²) in [6, 6.07) is 4.18. The number of unbranched alkanes of at least 4 members (excludes halogenated alkanes) is 1. The molecule has 4 heterocycles. The lowest BCUT2D eigenvalue weighted by molar-refractivity contribution is -0.142. The van der Waals surface area contributed by atoms with Gasteiger partial charge >= 0.3 is 5.97 Å². The number of aromatic hydroxyl groups is 1. The van der Waals surface area contributed by atoms with Crippen LogP contribution in [0.25, 0.3) is 21.7 Å². The van der Waals surface area contributed by atoms with Crippen molar-refractivity contribution in [2.75, 3.05) is 46.5 Å². The summed E-state index contributed by atoms with van der Waals surface area (Å²) in [4.78, 5) is 266. The number of carboxylic acids is 1. The average Bonchev–Trinajstić information content (AvgIpc) is 1.79. The Kier molecular flexibility index (Phi) is 39.1. The zero-order valence-corrected chi connectivity index (χ0v) is 77.9. The number of nitrogens with two attached hydrogens (primary N) is 4. The molecule has 2 saturated heterocycles. The lowest BCUT2D eigenvalue weighted by Gasteiger charge is -2.39. The number of carboxylic acid groups (broad SMARTS) is 1. The van der Waals surface area contributed by atoms with Crippen LogP contribution >= 0.6 is 21.6 Å². The van der Waals surface area contributed by atoms with Gasteiger partial charge in [0.25, 0.3) is 0 Å². The summed E-state index contributed by atoms with van der Waals surface area (Å²) < 4.78 is 8.21. The SMILES string of the molecule is CC(=O)NCCCC[C@@H]1NC(=O)[C@H](Cc2c[nH]c3c(C)cccc23)NC(=O)[C@H]([C@@H](C)O)NC(=O)[C@H](CC(N)=O)NC(=O)[C@@H](NC(C)=O)C(C)(C)SSC(C)(C)[C@@H](C(=O)N[C@@H](Cc2ccc(OCCN)cc2)C(=O)N[C@@H](Cc2ccc3cc(O)ccc3c2)C(=O)NC2(C(=O)N[C@@H](CCC(=O)O)C(=O)N[C@@H](CC(N)=O)C(=O)N[C@@H](Cc3cccnc3)C(=O)N(C)CC(N)=O)CCOCC2)NC1=O. The number of hydrogen-bond acceptors (Lipinski definition) is 26. The van der Waals surface area contributed by atoms with Gasteiger partial charge in [-0.1, -0.05) is 82.3 Å². The van der Waals surface area contributed by atoms with Gasteiger partial charge in [0, 0.05) is 131 Å². The number of H-pyrrole nitrogens is 1. The molecule has 0 saturated carbocycles. The maximum Gasteiger partial charge on any atom is 0.303 e. The van der Waals surface area contributed by atoms with Crippen molar-refractivity contribution in [3.8, 4) is 11.5 Å². The summed E-state index contributed by atoms with van der Waals surface area (Å²) in [5.41, 5.74) is 23.3. The Labute approximate surface area is 785 Å². The van der Waals surface area contributed by atoms with Crippen molar-refractivity contribution in [2.45, 2.75) is 226 Å². The molecule has 0 bridgehead atoms. The lowest BCUT2D eigenvalue weighted by Crippen LogP contribution is -2.67. The van der Waals surface area contributed by atoms with Gasteiger partial charge in [0.2, 0.25) is 100 Å². The molecule has 2 aliphatic heterocycles. The topological polar surface area (TPSA) is 679 Å². The number of aromatic amines is 1. The lowest BCUT2D eigenvalue weighted by atomic mass is 9.87. The molecule has 2 fully saturated rings. The first kappa shape index (κ1) is 107. The van der Waals surface area contributed by atoms with Crippen LogP contribution in [0.1, 0.15) is 134 Å². The van der Waals surface area contributed by atoms with Crippen molar-refractivity contribution >= 4 is 150 Å². The number of phenols is 1. The fourth-order valence-electron chi connectivity index (χ4n) is 15.2. The van der Waals surface area contributed by atoms with E-state index < -0.39 is 233 Å². The number of benzene rings is 4. The fourth-order valence-corrected chi connectivity index (χ4v) is 18.0. The molecule has 17 amide bonds. The molecular weight excluding hydrogens is 1790 g/mol. The molecule has 45 heteroatoms. The normalized spacial score (nSPS) is 19.5. The van der Waals surface area contributed by atoms with E-state index in [1.165, 1.54) is 66.2 Å². The molecule has 0 spiro atoms. The minimum absolute atomic E-state index is 0.0800. The van der Waals surface area contributed by atoms with E-state index in [0.29, 0.717) is 49.7 Å². The van der Waals surface area contributed by atoms with E-state index in [2.05, 4.69) is 79.1 Å². The highest BCUT2D eigenvalue weighted by atomic mass is 33.1. The van der Waals surface area contributed by atoms with Gasteiger partial charge in [-0.05, 0) is 136 Å². The summed E-state index contributed by atoms with van der Waals surface area (Å²) in [6.45, 7) is 10.5. The van der Waals surface area contributed by atoms with E-state index in [1.54, 1.807) is 79.0 Å². The van der Waals surface area contributed by atoms with E-state index in [4.69, 9.17) is 32.4 Å². The Hall–Kier alpha value is -13.5. The molecule has 25 N–H and O–H groups in total. The number of ether oxygens (including phenoxy) is 2. The van der Waals surface area contributed by atoms with Gasteiger partial charge in [-0.25, -0.2) is 0 Å². The molecule has 4 aromatic carbocycles. The maximum atomic E-state index is 16.4. The Morgan fingerprint density at radius 2 is 1.24 bits per heavy atom. The minimum atomic E-state index is -2.13. The predicted molar refractivity (Wildman–Crippen MR) is 495 cm³/mol. The molecule has 135 heavy (non-hydrogen) atoms. The van der Waals surface area contributed by atoms with Crippen LogP contribution < -0.4 is 96.8 Å². The molecule has 0 radical (unpaired) electrons. The third kappa shape index (κ3) is 31.8. The van der Waals surface area contributed by atoms with Crippen LogP contribution in [-0.4, -0.2) is 271 Å². The number of aryl methyl sites for hydroxylation is 1. The second-order valence-corrected chi connectivity index (χ2v) is 37.8. The van der Waals surface area contributed by atoms with Crippen LogP contribution in [0.4, 0.5) is 0 Å². The molecule has 12 atom stereocenters. The van der Waals surface area contributed by atoms with Crippen molar-refractivity contribution in [1.29, 1.82) is 0 Å². The van der Waals surface area contributed by atoms with E-state index in [1.807, 2.05) is 13.0 Å². The standard InChI is InChI=1S/C90H120N20O23S2/c1-47-14-12-16-59-56(45-97-72(47)59)41-64-79(123)99-60(17-10-11-32-96-49(3)112)77(121)108-75(89(7,8)135-134-88(5,6)74(98-50(4)113)84(128)104-66(43-69(93)116)81(125)107-73(48(2)111)83(127)102-64)85(129)103-62(37-51-19-24-58(25-20-51)133-35-30-91)78(122)100-63(38-52-18-21-55-40-57(114)23-22-54(55)36-52)82(126)109-90(28-33-132-34-29-90)87(131)106-61(26-27-71(118)119)76(120)101-65(42-68(92)115)80(124)105-67(39-53-15-13-31-95-44-53)86(130)110(9)46-70(94)117/h12-16,18-25,31,36,40,44-45,48,60-67,73-75,97,111,114H,10-11,17,26-30,32-35,37-39,41-43,46,91H2,1-9H3,(H2,92,115)(H2,93,116)(H2,94,117)(H,96,112)(H,98,113)(H,99,123)(H,100,122)(H,101,120)(H,102,127)(H,103,129)(H,104,128)(H,105,124)(H,106,131)(H,107,125)(H,108,121)(H,109,126)(H,118,119)/t48-,60+,61+,62+,63+,64+,65+,66+,67+,73+,74-,75-/m1/s1. The Bertz CT molecular complexity index is 5330. The molecule has 730 valence electrons. The summed E-state index contributed by atoms with van der Waals surface area (Å²) in [5, 5.41) is 67.7. The number of nitrogens with one attached hydrogen (secondary N) is 14. The fraction of sp³-hybridized carbons (Fsp3) is 0.478. The molecule has 0 unspecified atom stereocenters. The minimum Gasteiger partial charge on any atom is -0.508 e. The number of carbonyl (C=O) groups excluding carboxylic acids is 17. The van der Waals surface area contributed by atoms with Gasteiger partial charge < -0.3 is 127 Å². The third-order valence-corrected chi connectivity index (χ3v) is 26.7. The van der Waals surface area contributed by atoms with Gasteiger partial charge in [0.15, 0.2) is 0 Å². The first-order valence-electron chi connectivity index (χ1n) is 43.7. The number of para-hydroxylation sites is 1. The zero-order chi connectivity index (χ0) is 99.3. The number of amides is 17. The van der Waals surface area contributed by atoms with Crippen molar-refractivity contribution in [3.05, 3.63) is 137 Å². The number of pyridine rings is 1. The highest BCUT2D eigenvalue weighted by Crippen LogP contribution is 2.47. The highest BCUT2D eigenvalue weighted by Gasteiger charge is 2.49. The van der Waals surface area contributed by atoms with E-state index in [9.17, 15) is 72.9 Å². The van der Waals surface area contributed by atoms with E-state index in [-0.39, 0.29) is 89.5 Å². The number of nitrogens with zero attached hydrogens (tertiary/aromatic N) is 2. The van der Waals surface area contributed by atoms with Gasteiger partial charge in [-0.3, -0.25) is 91.3 Å². The average molecular weight is 1910 g/mol. The number of rotatable bonds is 40. The number of phenolic OH excluding ortho intramolecular Hbond substituents is 1. The van der Waals surface area contributed by atoms with Crippen LogP contribution in [0, 0.1) is 6.92 Å². The largest absolute Gasteiger partial charge is 0.508 e. The van der Waals surface area contributed by atoms with Gasteiger partial charge in [0.1, 0.15) is 90.1 Å². The molecule has 8 rings (SSSR count). The molecule has 6 aromatic rings. The van der Waals surface area contributed by atoms with Crippen molar-refractivity contribution in [1.82, 2.24) is 84.0 Å². The third-order valence-electron chi connectivity index (χ3n) is 22.5. The Morgan fingerprint density at radius 1 is 0.637 bits per heavy atom. The molecular formula is C90H120N20O23S2. The predicted octanol–water partition coefficient (Wildman–Crippen LogP) is -2.44. The van der Waals surface area contributed by atoms with Gasteiger partial charge in [-0.2, -0.15) is 0 Å². The maximum absolute atomic E-state index is 16.4. The number of aliphatic hydroxyl groups is 1. The number of likely N-dealkylation sites (N-methyl/N-ethyl adjacent to an activating group) is 1.